The van der Waals surface area contributed by atoms with Gasteiger partial charge in [0.15, 0.2) is 0 Å². The van der Waals surface area contributed by atoms with Crippen LogP contribution in [0.4, 0.5) is 5.69 Å². The first-order valence-corrected chi connectivity index (χ1v) is 6.22. The van der Waals surface area contributed by atoms with Crippen LogP contribution in [0.15, 0.2) is 24.3 Å². The van der Waals surface area contributed by atoms with Crippen molar-refractivity contribution in [3.05, 3.63) is 29.8 Å². The quantitative estimate of drug-likeness (QED) is 0.850. The molecule has 0 radical (unpaired) electrons. The van der Waals surface area contributed by atoms with Crippen LogP contribution in [0.2, 0.25) is 0 Å². The van der Waals surface area contributed by atoms with Crippen LogP contribution in [0, 0.1) is 12.8 Å². The third kappa shape index (κ3) is 3.30. The molecule has 1 aromatic carbocycles. The van der Waals surface area contributed by atoms with Gasteiger partial charge >= 0.3 is 0 Å². The molecule has 0 aliphatic rings. The third-order valence-corrected chi connectivity index (χ3v) is 3.02. The van der Waals surface area contributed by atoms with Crippen LogP contribution in [0.1, 0.15) is 25.8 Å². The minimum absolute atomic E-state index is 0.0736. The summed E-state index contributed by atoms with van der Waals surface area (Å²) in [7, 11) is 0. The molecule has 0 bridgehead atoms. The van der Waals surface area contributed by atoms with E-state index in [1.165, 1.54) is 0 Å². The van der Waals surface area contributed by atoms with Gasteiger partial charge in [-0.1, -0.05) is 19.1 Å². The van der Waals surface area contributed by atoms with Crippen LogP contribution in [0.25, 0.3) is 0 Å². The van der Waals surface area contributed by atoms with E-state index in [1.807, 2.05) is 49.9 Å². The zero-order valence-corrected chi connectivity index (χ0v) is 10.9. The van der Waals surface area contributed by atoms with Crippen molar-refractivity contribution >= 4 is 11.6 Å². The molecule has 1 rings (SSSR count). The molecule has 0 fully saturated rings. The summed E-state index contributed by atoms with van der Waals surface area (Å²) < 4.78 is 0. The van der Waals surface area contributed by atoms with E-state index in [0.717, 1.165) is 17.7 Å². The number of carbonyl (C=O) groups excluding carboxylic acids is 1. The summed E-state index contributed by atoms with van der Waals surface area (Å²) in [5, 5.41) is 0. The van der Waals surface area contributed by atoms with E-state index in [-0.39, 0.29) is 11.8 Å². The molecule has 1 aromatic rings. The molecule has 0 aliphatic carbocycles. The van der Waals surface area contributed by atoms with Crippen molar-refractivity contribution in [3.8, 4) is 0 Å². The smallest absolute Gasteiger partial charge is 0.231 e. The maximum atomic E-state index is 12.3. The summed E-state index contributed by atoms with van der Waals surface area (Å²) in [6, 6.07) is 8.01. The second-order valence-corrected chi connectivity index (χ2v) is 4.26. The average molecular weight is 234 g/mol. The molecule has 1 atom stereocenters. The Bertz CT molecular complexity index is 372. The normalized spacial score (nSPS) is 12.2. The number of hydrogen-bond acceptors (Lipinski definition) is 2. The molecule has 0 saturated heterocycles. The van der Waals surface area contributed by atoms with Crippen LogP contribution < -0.4 is 10.6 Å². The summed E-state index contributed by atoms with van der Waals surface area (Å²) in [5.41, 5.74) is 7.76. The summed E-state index contributed by atoms with van der Waals surface area (Å²) in [6.07, 6.45) is 0.789. The number of nitrogens with zero attached hydrogens (tertiary/aromatic N) is 1. The first-order chi connectivity index (χ1) is 8.13. The molecule has 1 unspecified atom stereocenters. The van der Waals surface area contributed by atoms with Crippen LogP contribution >= 0.6 is 0 Å². The van der Waals surface area contributed by atoms with Gasteiger partial charge in [0, 0.05) is 18.8 Å². The predicted molar refractivity (Wildman–Crippen MR) is 72.0 cm³/mol. The average Bonchev–Trinajstić information content (AvgIpc) is 2.31. The Labute approximate surface area is 104 Å². The van der Waals surface area contributed by atoms with E-state index in [1.54, 1.807) is 0 Å². The Morgan fingerprint density at radius 3 is 2.59 bits per heavy atom. The molecular weight excluding hydrogens is 212 g/mol. The zero-order valence-electron chi connectivity index (χ0n) is 10.9. The number of hydrogen-bond donors (Lipinski definition) is 1. The van der Waals surface area contributed by atoms with E-state index >= 15 is 0 Å². The van der Waals surface area contributed by atoms with Gasteiger partial charge in [-0.05, 0) is 38.0 Å². The highest BCUT2D eigenvalue weighted by Gasteiger charge is 2.21. The summed E-state index contributed by atoms with van der Waals surface area (Å²) >= 11 is 0. The van der Waals surface area contributed by atoms with E-state index in [4.69, 9.17) is 5.73 Å². The minimum atomic E-state index is -0.0736. The van der Waals surface area contributed by atoms with E-state index in [0.29, 0.717) is 13.1 Å². The number of amides is 1. The number of nitrogens with two attached hydrogens (primary N) is 1. The standard InChI is InChI=1S/C14H22N2O/c1-4-12(10-15)14(17)16(5-2)13-8-6-7-11(3)9-13/h6-9,12H,4-5,10,15H2,1-3H3. The van der Waals surface area contributed by atoms with Crippen LogP contribution in [0.3, 0.4) is 0 Å². The van der Waals surface area contributed by atoms with Gasteiger partial charge in [0.05, 0.1) is 5.92 Å². The van der Waals surface area contributed by atoms with E-state index < -0.39 is 0 Å². The lowest BCUT2D eigenvalue weighted by Gasteiger charge is -2.25. The van der Waals surface area contributed by atoms with Gasteiger partial charge in [-0.15, -0.1) is 0 Å². The van der Waals surface area contributed by atoms with Crippen LogP contribution in [-0.2, 0) is 4.79 Å². The fourth-order valence-electron chi connectivity index (χ4n) is 1.92. The molecule has 1 amide bonds. The van der Waals surface area contributed by atoms with Gasteiger partial charge in [-0.2, -0.15) is 0 Å². The molecule has 0 aliphatic heterocycles. The first kappa shape index (κ1) is 13.7. The van der Waals surface area contributed by atoms with Crippen molar-refractivity contribution in [2.45, 2.75) is 27.2 Å². The Morgan fingerprint density at radius 2 is 2.12 bits per heavy atom. The molecule has 0 aromatic heterocycles. The molecule has 17 heavy (non-hydrogen) atoms. The highest BCUT2D eigenvalue weighted by atomic mass is 16.2. The molecule has 3 heteroatoms. The van der Waals surface area contributed by atoms with E-state index in [2.05, 4.69) is 0 Å². The van der Waals surface area contributed by atoms with Gasteiger partial charge in [0.1, 0.15) is 0 Å². The Hall–Kier alpha value is -1.35. The van der Waals surface area contributed by atoms with Crippen molar-refractivity contribution in [3.63, 3.8) is 0 Å². The number of benzene rings is 1. The molecule has 3 nitrogen and oxygen atoms in total. The van der Waals surface area contributed by atoms with Crippen molar-refractivity contribution < 1.29 is 4.79 Å². The summed E-state index contributed by atoms with van der Waals surface area (Å²) in [4.78, 5) is 14.1. The van der Waals surface area contributed by atoms with Gasteiger partial charge in [-0.25, -0.2) is 0 Å². The summed E-state index contributed by atoms with van der Waals surface area (Å²) in [6.45, 7) is 7.11. The topological polar surface area (TPSA) is 46.3 Å². The molecule has 0 heterocycles. The molecular formula is C14H22N2O. The third-order valence-electron chi connectivity index (χ3n) is 3.02. The molecule has 0 saturated carbocycles. The lowest BCUT2D eigenvalue weighted by atomic mass is 10.0. The van der Waals surface area contributed by atoms with Crippen molar-refractivity contribution in [1.29, 1.82) is 0 Å². The Morgan fingerprint density at radius 1 is 1.41 bits per heavy atom. The SMILES string of the molecule is CCC(CN)C(=O)N(CC)c1cccc(C)c1. The maximum absolute atomic E-state index is 12.3. The lowest BCUT2D eigenvalue weighted by Crippen LogP contribution is -2.39. The lowest BCUT2D eigenvalue weighted by molar-refractivity contribution is -0.122. The molecule has 94 valence electrons. The van der Waals surface area contributed by atoms with Gasteiger partial charge in [-0.3, -0.25) is 4.79 Å². The van der Waals surface area contributed by atoms with Crippen LogP contribution in [-0.4, -0.2) is 19.0 Å². The van der Waals surface area contributed by atoms with Gasteiger partial charge in [0.2, 0.25) is 5.91 Å². The van der Waals surface area contributed by atoms with Crippen molar-refractivity contribution in [2.75, 3.05) is 18.0 Å². The second kappa shape index (κ2) is 6.40. The zero-order chi connectivity index (χ0) is 12.8. The number of anilines is 1. The maximum Gasteiger partial charge on any atom is 0.231 e. The van der Waals surface area contributed by atoms with Crippen molar-refractivity contribution in [2.24, 2.45) is 11.7 Å². The number of carbonyl (C=O) groups is 1. The van der Waals surface area contributed by atoms with Crippen LogP contribution in [0.5, 0.6) is 0 Å². The fourth-order valence-corrected chi connectivity index (χ4v) is 1.92. The van der Waals surface area contributed by atoms with Crippen molar-refractivity contribution in [1.82, 2.24) is 0 Å². The molecule has 2 N–H and O–H groups in total. The van der Waals surface area contributed by atoms with E-state index in [9.17, 15) is 4.79 Å². The Kier molecular flexibility index (Phi) is 5.16. The summed E-state index contributed by atoms with van der Waals surface area (Å²) in [5.74, 6) is 0.0542. The number of aryl methyl sites for hydroxylation is 1. The van der Waals surface area contributed by atoms with Gasteiger partial charge < -0.3 is 10.6 Å². The monoisotopic (exact) mass is 234 g/mol. The fraction of sp³-hybridized carbons (Fsp3) is 0.500. The largest absolute Gasteiger partial charge is 0.330 e. The Balaban J connectivity index is 2.95. The molecule has 0 spiro atoms. The highest BCUT2D eigenvalue weighted by molar-refractivity contribution is 5.95. The predicted octanol–water partition coefficient (Wildman–Crippen LogP) is 2.33. The highest BCUT2D eigenvalue weighted by Crippen LogP contribution is 2.18. The second-order valence-electron chi connectivity index (χ2n) is 4.26. The first-order valence-electron chi connectivity index (χ1n) is 6.22. The van der Waals surface area contributed by atoms with Gasteiger partial charge in [0.25, 0.3) is 0 Å². The number of rotatable bonds is 5. The minimum Gasteiger partial charge on any atom is -0.330 e.